The van der Waals surface area contributed by atoms with Gasteiger partial charge in [0.05, 0.1) is 48.8 Å². The zero-order valence-electron chi connectivity index (χ0n) is 27.1. The summed E-state index contributed by atoms with van der Waals surface area (Å²) in [7, 11) is -7.39. The maximum absolute atomic E-state index is 6.56. The first-order valence-corrected chi connectivity index (χ1v) is 18.6. The van der Waals surface area contributed by atoms with Crippen LogP contribution in [0, 0.1) is 0 Å². The lowest BCUT2D eigenvalue weighted by molar-refractivity contribution is -0.115. The molecule has 39 heavy (non-hydrogen) atoms. The molecule has 0 rings (SSSR count). The lowest BCUT2D eigenvalue weighted by atomic mass is 10.5. The predicted molar refractivity (Wildman–Crippen MR) is 165 cm³/mol. The molecular weight excluding hydrogens is 582 g/mol. The fourth-order valence-corrected chi connectivity index (χ4v) is 10.4. The van der Waals surface area contributed by atoms with E-state index in [-0.39, 0.29) is 48.8 Å². The first-order chi connectivity index (χ1) is 17.9. The molecule has 0 N–H and O–H groups in total. The molecule has 0 heterocycles. The van der Waals surface area contributed by atoms with Crippen molar-refractivity contribution in [3.05, 3.63) is 0 Å². The Labute approximate surface area is 243 Å². The fraction of sp³-hybridized carbons (Fsp3) is 1.00. The summed E-state index contributed by atoms with van der Waals surface area (Å²) in [5.41, 5.74) is 0. The van der Waals surface area contributed by atoms with Gasteiger partial charge in [0.2, 0.25) is 8.17 Å². The maximum Gasteiger partial charge on any atom is 0.291 e. The monoisotopic (exact) mass is 639 g/mol. The van der Waals surface area contributed by atoms with Gasteiger partial charge in [0.25, 0.3) is 25.4 Å². The van der Waals surface area contributed by atoms with E-state index in [1.54, 1.807) is 9.21 Å². The average Bonchev–Trinajstić information content (AvgIpc) is 2.71. The standard InChI is InChI=1S/C24H57N3O8P4/c1-17(2)28-26(36(30-19(5)6)25-37(31-20(7)8)32-21(9)10)38(33-22(11)12)27(29-18(3)4)39(34-23(13)14)35-24(15)16/h17-24,37H,1-16H3. The molecule has 0 aliphatic carbocycles. The van der Waals surface area contributed by atoms with Crippen LogP contribution in [0.15, 0.2) is 4.52 Å². The summed E-state index contributed by atoms with van der Waals surface area (Å²) < 4.78 is 46.1. The van der Waals surface area contributed by atoms with Gasteiger partial charge in [-0.3, -0.25) is 9.68 Å². The van der Waals surface area contributed by atoms with Gasteiger partial charge in [-0.1, -0.05) is 9.21 Å². The van der Waals surface area contributed by atoms with Gasteiger partial charge in [0.1, 0.15) is 0 Å². The fourth-order valence-electron chi connectivity index (χ4n) is 2.30. The molecule has 0 fully saturated rings. The van der Waals surface area contributed by atoms with Crippen molar-refractivity contribution >= 4 is 33.6 Å². The number of hydrogen-bond acceptors (Lipinski definition) is 11. The van der Waals surface area contributed by atoms with Crippen molar-refractivity contribution in [1.82, 2.24) is 9.21 Å². The minimum absolute atomic E-state index is 0.0716. The molecule has 0 bridgehead atoms. The molecule has 0 aromatic rings. The normalized spacial score (nSPS) is 15.0. The second-order valence-electron chi connectivity index (χ2n) is 10.9. The summed E-state index contributed by atoms with van der Waals surface area (Å²) in [6.45, 7) is 31.4. The topological polar surface area (TPSA) is 92.7 Å². The molecule has 0 saturated carbocycles. The van der Waals surface area contributed by atoms with E-state index in [9.17, 15) is 0 Å². The summed E-state index contributed by atoms with van der Waals surface area (Å²) in [4.78, 5) is 12.8. The smallest absolute Gasteiger partial charge is 0.291 e. The van der Waals surface area contributed by atoms with E-state index in [0.29, 0.717) is 0 Å². The minimum Gasteiger partial charge on any atom is -0.325 e. The largest absolute Gasteiger partial charge is 0.325 e. The summed E-state index contributed by atoms with van der Waals surface area (Å²) in [5.74, 6) is 0. The molecule has 236 valence electrons. The molecule has 0 aromatic carbocycles. The Morgan fingerprint density at radius 2 is 0.846 bits per heavy atom. The first-order valence-electron chi connectivity index (χ1n) is 13.9. The van der Waals surface area contributed by atoms with Gasteiger partial charge in [-0.05, 0) is 111 Å². The van der Waals surface area contributed by atoms with Crippen LogP contribution >= 0.6 is 33.6 Å². The Balaban J connectivity index is 7.10. The molecule has 15 heteroatoms. The van der Waals surface area contributed by atoms with E-state index in [0.717, 1.165) is 0 Å². The van der Waals surface area contributed by atoms with Gasteiger partial charge in [-0.2, -0.15) is 4.52 Å². The van der Waals surface area contributed by atoms with E-state index in [1.165, 1.54) is 0 Å². The van der Waals surface area contributed by atoms with Crippen molar-refractivity contribution in [2.45, 2.75) is 160 Å². The number of rotatable bonds is 21. The summed E-state index contributed by atoms with van der Waals surface area (Å²) >= 11 is 0. The molecule has 0 aliphatic heterocycles. The van der Waals surface area contributed by atoms with E-state index in [2.05, 4.69) is 0 Å². The lowest BCUT2D eigenvalue weighted by Gasteiger charge is -2.41. The highest BCUT2D eigenvalue weighted by molar-refractivity contribution is 7.70. The Morgan fingerprint density at radius 3 is 1.18 bits per heavy atom. The molecule has 0 aromatic heterocycles. The maximum atomic E-state index is 6.56. The van der Waals surface area contributed by atoms with E-state index >= 15 is 0 Å². The van der Waals surface area contributed by atoms with Crippen molar-refractivity contribution in [1.29, 1.82) is 0 Å². The van der Waals surface area contributed by atoms with Crippen LogP contribution in [0.1, 0.15) is 111 Å². The molecule has 0 aliphatic rings. The Morgan fingerprint density at radius 1 is 0.462 bits per heavy atom. The van der Waals surface area contributed by atoms with Crippen LogP contribution in [0.2, 0.25) is 0 Å². The van der Waals surface area contributed by atoms with Crippen molar-refractivity contribution in [2.24, 2.45) is 4.52 Å². The number of hydrogen-bond donors (Lipinski definition) is 0. The zero-order valence-corrected chi connectivity index (χ0v) is 30.8. The average molecular weight is 640 g/mol. The van der Waals surface area contributed by atoms with Gasteiger partial charge in [0.15, 0.2) is 0 Å². The third kappa shape index (κ3) is 19.1. The molecule has 0 spiro atoms. The highest BCUT2D eigenvalue weighted by Gasteiger charge is 2.45. The zero-order chi connectivity index (χ0) is 30.4. The first kappa shape index (κ1) is 40.1. The minimum atomic E-state index is -2.09. The van der Waals surface area contributed by atoms with Gasteiger partial charge in [-0.25, -0.2) is 0 Å². The van der Waals surface area contributed by atoms with E-state index in [1.807, 2.05) is 111 Å². The second-order valence-corrected chi connectivity index (χ2v) is 17.1. The van der Waals surface area contributed by atoms with E-state index < -0.39 is 33.6 Å². The van der Waals surface area contributed by atoms with Crippen LogP contribution < -0.4 is 0 Å². The van der Waals surface area contributed by atoms with Crippen LogP contribution in [0.25, 0.3) is 0 Å². The Bertz CT molecular complexity index is 651. The van der Waals surface area contributed by atoms with Crippen molar-refractivity contribution in [2.75, 3.05) is 0 Å². The number of nitrogens with zero attached hydrogens (tertiary/aromatic N) is 3. The third-order valence-electron chi connectivity index (χ3n) is 3.24. The van der Waals surface area contributed by atoms with Crippen molar-refractivity contribution in [3.8, 4) is 0 Å². The Kier molecular flexibility index (Phi) is 21.5. The molecule has 0 saturated heterocycles. The van der Waals surface area contributed by atoms with E-state index in [4.69, 9.17) is 41.3 Å². The quantitative estimate of drug-likeness (QED) is 0.0893. The summed E-state index contributed by atoms with van der Waals surface area (Å²) in [6.07, 6.45) is -1.11. The van der Waals surface area contributed by atoms with Crippen LogP contribution in [-0.4, -0.2) is 58.0 Å². The van der Waals surface area contributed by atoms with Gasteiger partial charge in [0, 0.05) is 0 Å². The molecule has 11 nitrogen and oxygen atoms in total. The van der Waals surface area contributed by atoms with Gasteiger partial charge < -0.3 is 27.1 Å². The van der Waals surface area contributed by atoms with Crippen molar-refractivity contribution < 1.29 is 36.8 Å². The summed E-state index contributed by atoms with van der Waals surface area (Å²) in [5, 5.41) is 0. The SMILES string of the molecule is CC(C)ON(P(N=[PH](OC(C)C)OC(C)C)OC(C)C)P(OC(C)C)N(OC(C)C)P(OC(C)C)OC(C)C. The molecular formula is C24H57N3O8P4. The van der Waals surface area contributed by atoms with Crippen LogP contribution in [-0.2, 0) is 36.8 Å². The van der Waals surface area contributed by atoms with Crippen molar-refractivity contribution in [3.63, 3.8) is 0 Å². The van der Waals surface area contributed by atoms with Crippen LogP contribution in [0.5, 0.6) is 0 Å². The van der Waals surface area contributed by atoms with Crippen LogP contribution in [0.3, 0.4) is 0 Å². The second kappa shape index (κ2) is 20.9. The summed E-state index contributed by atoms with van der Waals surface area (Å²) in [6, 6.07) is 0. The highest BCUT2D eigenvalue weighted by atomic mass is 31.2. The third-order valence-corrected chi connectivity index (χ3v) is 11.7. The lowest BCUT2D eigenvalue weighted by Crippen LogP contribution is -2.31. The van der Waals surface area contributed by atoms with Crippen LogP contribution in [0.4, 0.5) is 0 Å². The predicted octanol–water partition coefficient (Wildman–Crippen LogP) is 9.73. The Hall–Kier alpha value is 1.12. The highest BCUT2D eigenvalue weighted by Crippen LogP contribution is 2.70. The molecule has 2 atom stereocenters. The molecule has 0 amide bonds. The van der Waals surface area contributed by atoms with Gasteiger partial charge in [-0.15, -0.1) is 0 Å². The van der Waals surface area contributed by atoms with Gasteiger partial charge >= 0.3 is 0 Å². The molecule has 0 radical (unpaired) electrons. The molecule has 2 unspecified atom stereocenters.